The first kappa shape index (κ1) is 24.6. The minimum atomic E-state index is -0.793. The molecule has 1 aliphatic heterocycles. The number of likely N-dealkylation sites (tertiary alicyclic amines) is 1. The average molecular weight is 458 g/mol. The smallest absolute Gasteiger partial charge is 0.242 e. The van der Waals surface area contributed by atoms with Gasteiger partial charge in [-0.05, 0) is 58.2 Å². The van der Waals surface area contributed by atoms with Crippen LogP contribution in [-0.4, -0.2) is 51.6 Å². The number of carbonyl (C=O) groups is 4. The summed E-state index contributed by atoms with van der Waals surface area (Å²) in [6.45, 7) is 7.27. The summed E-state index contributed by atoms with van der Waals surface area (Å²) in [6, 6.07) is 4.94. The Morgan fingerprint density at radius 3 is 2.15 bits per heavy atom. The quantitative estimate of drug-likeness (QED) is 0.504. The number of hydrogen-bond acceptors (Lipinski definition) is 4. The highest BCUT2D eigenvalue weighted by atomic mass is 19.1. The first-order valence-electron chi connectivity index (χ1n) is 11.3. The van der Waals surface area contributed by atoms with Crippen LogP contribution in [0.5, 0.6) is 0 Å². The second-order valence-corrected chi connectivity index (χ2v) is 9.80. The fourth-order valence-electron chi connectivity index (χ4n) is 4.28. The summed E-state index contributed by atoms with van der Waals surface area (Å²) in [5.41, 5.74) is 0.194. The number of halogens is 1. The molecule has 1 saturated heterocycles. The Morgan fingerprint density at radius 2 is 1.64 bits per heavy atom. The topological polar surface area (TPSA) is 86.8 Å². The highest BCUT2D eigenvalue weighted by molar-refractivity contribution is 6.05. The molecule has 1 fully saturated rings. The van der Waals surface area contributed by atoms with Gasteiger partial charge in [0, 0.05) is 25.0 Å². The van der Waals surface area contributed by atoms with Crippen LogP contribution in [0, 0.1) is 17.7 Å². The monoisotopic (exact) mass is 457 g/mol. The number of hydrogen-bond donors (Lipinski definition) is 1. The average Bonchev–Trinajstić information content (AvgIpc) is 3.00. The highest BCUT2D eigenvalue weighted by Gasteiger charge is 2.47. The van der Waals surface area contributed by atoms with Crippen LogP contribution in [0.1, 0.15) is 52.5 Å². The number of carbonyl (C=O) groups excluding carboxylic acids is 4. The normalized spacial score (nSPS) is 21.1. The van der Waals surface area contributed by atoms with Gasteiger partial charge in [-0.2, -0.15) is 0 Å². The lowest BCUT2D eigenvalue weighted by molar-refractivity contribution is -0.144. The van der Waals surface area contributed by atoms with E-state index in [0.717, 1.165) is 0 Å². The SMILES string of the molecule is CC(C(=O)NC(C)(C)C)N(Cc1ccc(F)cc1)C(=O)CCN1C(=O)[C@H]2CC=CC[C@H]2C1=O. The van der Waals surface area contributed by atoms with Crippen LogP contribution in [0.3, 0.4) is 0 Å². The number of fused-ring (bicyclic) bond motifs is 1. The molecule has 3 atom stereocenters. The summed E-state index contributed by atoms with van der Waals surface area (Å²) in [4.78, 5) is 54.0. The fraction of sp³-hybridized carbons (Fsp3) is 0.520. The van der Waals surface area contributed by atoms with Gasteiger partial charge in [-0.25, -0.2) is 4.39 Å². The molecule has 1 heterocycles. The summed E-state index contributed by atoms with van der Waals surface area (Å²) in [5.74, 6) is -2.21. The summed E-state index contributed by atoms with van der Waals surface area (Å²) in [5, 5.41) is 2.88. The van der Waals surface area contributed by atoms with E-state index in [1.807, 2.05) is 32.9 Å². The van der Waals surface area contributed by atoms with Crippen LogP contribution in [0.15, 0.2) is 36.4 Å². The summed E-state index contributed by atoms with van der Waals surface area (Å²) in [7, 11) is 0. The molecule has 7 nitrogen and oxygen atoms in total. The van der Waals surface area contributed by atoms with Gasteiger partial charge in [-0.1, -0.05) is 24.3 Å². The molecule has 178 valence electrons. The first-order valence-corrected chi connectivity index (χ1v) is 11.3. The second kappa shape index (κ2) is 9.85. The molecule has 8 heteroatoms. The molecule has 0 aromatic heterocycles. The maximum Gasteiger partial charge on any atom is 0.242 e. The van der Waals surface area contributed by atoms with Crippen molar-refractivity contribution in [3.05, 3.63) is 47.8 Å². The highest BCUT2D eigenvalue weighted by Crippen LogP contribution is 2.35. The van der Waals surface area contributed by atoms with Crippen molar-refractivity contribution in [3.8, 4) is 0 Å². The van der Waals surface area contributed by atoms with E-state index in [-0.39, 0.29) is 55.0 Å². The summed E-state index contributed by atoms with van der Waals surface area (Å²) < 4.78 is 13.3. The Kier molecular flexibility index (Phi) is 7.34. The molecule has 0 spiro atoms. The number of nitrogens with one attached hydrogen (secondary N) is 1. The number of rotatable bonds is 7. The third-order valence-electron chi connectivity index (χ3n) is 6.08. The van der Waals surface area contributed by atoms with Gasteiger partial charge >= 0.3 is 0 Å². The maximum absolute atomic E-state index is 13.3. The largest absolute Gasteiger partial charge is 0.350 e. The Balaban J connectivity index is 1.72. The van der Waals surface area contributed by atoms with Crippen LogP contribution >= 0.6 is 0 Å². The molecule has 2 aliphatic rings. The number of amides is 4. The number of nitrogens with zero attached hydrogens (tertiary/aromatic N) is 2. The maximum atomic E-state index is 13.3. The van der Waals surface area contributed by atoms with E-state index in [0.29, 0.717) is 18.4 Å². The van der Waals surface area contributed by atoms with Crippen LogP contribution in [0.25, 0.3) is 0 Å². The summed E-state index contributed by atoms with van der Waals surface area (Å²) >= 11 is 0. The molecular formula is C25H32FN3O4. The lowest BCUT2D eigenvalue weighted by Gasteiger charge is -2.32. The second-order valence-electron chi connectivity index (χ2n) is 9.80. The van der Waals surface area contributed by atoms with Crippen molar-refractivity contribution in [1.29, 1.82) is 0 Å². The van der Waals surface area contributed by atoms with Crippen molar-refractivity contribution in [2.45, 2.75) is 65.1 Å². The van der Waals surface area contributed by atoms with Gasteiger partial charge in [0.05, 0.1) is 11.8 Å². The first-order chi connectivity index (χ1) is 15.5. The lowest BCUT2D eigenvalue weighted by Crippen LogP contribution is -2.52. The predicted molar refractivity (Wildman–Crippen MR) is 121 cm³/mol. The Labute approximate surface area is 194 Å². The predicted octanol–water partition coefficient (Wildman–Crippen LogP) is 2.80. The van der Waals surface area contributed by atoms with Crippen LogP contribution in [0.2, 0.25) is 0 Å². The van der Waals surface area contributed by atoms with E-state index >= 15 is 0 Å². The fourth-order valence-corrected chi connectivity index (χ4v) is 4.28. The minimum absolute atomic E-state index is 0.0168. The molecule has 33 heavy (non-hydrogen) atoms. The van der Waals surface area contributed by atoms with Crippen molar-refractivity contribution in [2.24, 2.45) is 11.8 Å². The van der Waals surface area contributed by atoms with Crippen molar-refractivity contribution in [2.75, 3.05) is 6.54 Å². The molecule has 1 aromatic rings. The Hall–Kier alpha value is -3.03. The standard InChI is InChI=1S/C25H32FN3O4/c1-16(22(31)27-25(2,3)4)29(15-17-9-11-18(26)12-10-17)21(30)13-14-28-23(32)19-7-5-6-8-20(19)24(28)33/h5-6,9-12,16,19-20H,7-8,13-15H2,1-4H3,(H,27,31)/t16?,19-,20+. The van der Waals surface area contributed by atoms with Crippen molar-refractivity contribution >= 4 is 23.6 Å². The van der Waals surface area contributed by atoms with Crippen molar-refractivity contribution in [1.82, 2.24) is 15.1 Å². The van der Waals surface area contributed by atoms with E-state index in [1.54, 1.807) is 19.1 Å². The van der Waals surface area contributed by atoms with Gasteiger partial charge in [-0.15, -0.1) is 0 Å². The number of imide groups is 1. The van der Waals surface area contributed by atoms with E-state index in [1.165, 1.54) is 21.9 Å². The Bertz CT molecular complexity index is 925. The van der Waals surface area contributed by atoms with E-state index < -0.39 is 17.4 Å². The third-order valence-corrected chi connectivity index (χ3v) is 6.08. The number of benzene rings is 1. The van der Waals surface area contributed by atoms with Crippen molar-refractivity contribution < 1.29 is 23.6 Å². The van der Waals surface area contributed by atoms with E-state index in [9.17, 15) is 23.6 Å². The molecule has 1 aliphatic carbocycles. The minimum Gasteiger partial charge on any atom is -0.350 e. The van der Waals surface area contributed by atoms with Gasteiger partial charge in [0.15, 0.2) is 0 Å². The van der Waals surface area contributed by atoms with E-state index in [4.69, 9.17) is 0 Å². The van der Waals surface area contributed by atoms with E-state index in [2.05, 4.69) is 5.32 Å². The Morgan fingerprint density at radius 1 is 1.09 bits per heavy atom. The zero-order valence-corrected chi connectivity index (χ0v) is 19.6. The molecule has 1 N–H and O–H groups in total. The molecular weight excluding hydrogens is 425 g/mol. The van der Waals surface area contributed by atoms with Crippen LogP contribution in [-0.2, 0) is 25.7 Å². The summed E-state index contributed by atoms with van der Waals surface area (Å²) in [6.07, 6.45) is 4.83. The van der Waals surface area contributed by atoms with Crippen LogP contribution < -0.4 is 5.32 Å². The molecule has 3 rings (SSSR count). The third kappa shape index (κ3) is 5.86. The zero-order valence-electron chi connectivity index (χ0n) is 19.6. The van der Waals surface area contributed by atoms with Gasteiger partial charge in [0.1, 0.15) is 11.9 Å². The lowest BCUT2D eigenvalue weighted by atomic mass is 9.85. The van der Waals surface area contributed by atoms with Gasteiger partial charge < -0.3 is 10.2 Å². The van der Waals surface area contributed by atoms with Gasteiger partial charge in [-0.3, -0.25) is 24.1 Å². The molecule has 1 unspecified atom stereocenters. The zero-order chi connectivity index (χ0) is 24.3. The van der Waals surface area contributed by atoms with Gasteiger partial charge in [0.25, 0.3) is 0 Å². The molecule has 4 amide bonds. The number of allylic oxidation sites excluding steroid dienone is 2. The molecule has 1 aromatic carbocycles. The molecule has 0 bridgehead atoms. The van der Waals surface area contributed by atoms with Crippen molar-refractivity contribution in [3.63, 3.8) is 0 Å². The molecule has 0 saturated carbocycles. The van der Waals surface area contributed by atoms with Crippen LogP contribution in [0.4, 0.5) is 4.39 Å². The molecule has 0 radical (unpaired) electrons. The van der Waals surface area contributed by atoms with Gasteiger partial charge in [0.2, 0.25) is 23.6 Å².